The third-order valence-corrected chi connectivity index (χ3v) is 2.71. The van der Waals surface area contributed by atoms with Crippen LogP contribution in [0.1, 0.15) is 45.4 Å². The van der Waals surface area contributed by atoms with Crippen LogP contribution in [-0.4, -0.2) is 11.1 Å². The van der Waals surface area contributed by atoms with Crippen molar-refractivity contribution in [2.45, 2.75) is 45.4 Å². The largest absolute Gasteiger partial charge is 0.478 e. The molecular formula is C11H18O2. The van der Waals surface area contributed by atoms with E-state index < -0.39 is 5.97 Å². The van der Waals surface area contributed by atoms with Crippen LogP contribution in [0.15, 0.2) is 11.6 Å². The van der Waals surface area contributed by atoms with Gasteiger partial charge in [-0.15, -0.1) is 0 Å². The molecular weight excluding hydrogens is 164 g/mol. The quantitative estimate of drug-likeness (QED) is 0.681. The number of carbonyl (C=O) groups is 1. The summed E-state index contributed by atoms with van der Waals surface area (Å²) in [6.45, 7) is 1.92. The van der Waals surface area contributed by atoms with Gasteiger partial charge < -0.3 is 5.11 Å². The van der Waals surface area contributed by atoms with Crippen LogP contribution in [0.2, 0.25) is 0 Å². The Morgan fingerprint density at radius 3 is 2.54 bits per heavy atom. The highest BCUT2D eigenvalue weighted by Gasteiger charge is 2.13. The molecule has 0 aromatic heterocycles. The molecule has 0 atom stereocenters. The molecule has 0 radical (unpaired) electrons. The van der Waals surface area contributed by atoms with Crippen LogP contribution in [0.4, 0.5) is 0 Å². The fourth-order valence-corrected chi connectivity index (χ4v) is 2.12. The fraction of sp³-hybridized carbons (Fsp3) is 0.727. The van der Waals surface area contributed by atoms with E-state index in [1.54, 1.807) is 0 Å². The number of rotatable bonds is 3. The molecule has 1 rings (SSSR count). The number of hydrogen-bond acceptors (Lipinski definition) is 1. The summed E-state index contributed by atoms with van der Waals surface area (Å²) in [5, 5.41) is 8.54. The molecule has 2 heteroatoms. The number of aliphatic carboxylic acids is 1. The van der Waals surface area contributed by atoms with Crippen LogP contribution in [0, 0.1) is 5.92 Å². The van der Waals surface area contributed by atoms with E-state index in [2.05, 4.69) is 0 Å². The van der Waals surface area contributed by atoms with Crippen molar-refractivity contribution in [3.63, 3.8) is 0 Å². The molecule has 0 bridgehead atoms. The molecule has 0 aliphatic heterocycles. The Balaban J connectivity index is 2.33. The Labute approximate surface area is 79.6 Å². The van der Waals surface area contributed by atoms with Crippen molar-refractivity contribution in [1.82, 2.24) is 0 Å². The van der Waals surface area contributed by atoms with Crippen molar-refractivity contribution in [3.05, 3.63) is 11.6 Å². The first kappa shape index (κ1) is 10.3. The second-order valence-electron chi connectivity index (χ2n) is 4.04. The standard InChI is InChI=1S/C11H18O2/c1-9(8-11(12)13)7-10-5-3-2-4-6-10/h8,10H,2-7H2,1H3,(H,12,13)/b9-8+. The van der Waals surface area contributed by atoms with E-state index in [1.165, 1.54) is 38.2 Å². The smallest absolute Gasteiger partial charge is 0.328 e. The van der Waals surface area contributed by atoms with Gasteiger partial charge in [0, 0.05) is 6.08 Å². The maximum Gasteiger partial charge on any atom is 0.328 e. The van der Waals surface area contributed by atoms with Crippen molar-refractivity contribution in [1.29, 1.82) is 0 Å². The minimum absolute atomic E-state index is 0.740. The molecule has 0 aromatic rings. The average molecular weight is 182 g/mol. The Bertz CT molecular complexity index is 200. The lowest BCUT2D eigenvalue weighted by Gasteiger charge is -2.21. The van der Waals surface area contributed by atoms with E-state index in [0.717, 1.165) is 17.9 Å². The second kappa shape index (κ2) is 5.05. The van der Waals surface area contributed by atoms with Gasteiger partial charge in [0.2, 0.25) is 0 Å². The van der Waals surface area contributed by atoms with E-state index in [1.807, 2.05) is 6.92 Å². The molecule has 0 heterocycles. The highest BCUT2D eigenvalue weighted by molar-refractivity contribution is 5.80. The van der Waals surface area contributed by atoms with E-state index in [-0.39, 0.29) is 0 Å². The highest BCUT2D eigenvalue weighted by atomic mass is 16.4. The van der Waals surface area contributed by atoms with Crippen molar-refractivity contribution in [2.24, 2.45) is 5.92 Å². The van der Waals surface area contributed by atoms with Crippen LogP contribution < -0.4 is 0 Å². The van der Waals surface area contributed by atoms with Gasteiger partial charge >= 0.3 is 5.97 Å². The lowest BCUT2D eigenvalue weighted by Crippen LogP contribution is -2.06. The van der Waals surface area contributed by atoms with E-state index in [9.17, 15) is 4.79 Å². The summed E-state index contributed by atoms with van der Waals surface area (Å²) < 4.78 is 0. The van der Waals surface area contributed by atoms with Crippen LogP contribution in [0.5, 0.6) is 0 Å². The molecule has 0 aromatic carbocycles. The highest BCUT2D eigenvalue weighted by Crippen LogP contribution is 2.28. The van der Waals surface area contributed by atoms with Gasteiger partial charge in [0.05, 0.1) is 0 Å². The minimum Gasteiger partial charge on any atom is -0.478 e. The normalized spacial score (nSPS) is 20.2. The lowest BCUT2D eigenvalue weighted by atomic mass is 9.85. The van der Waals surface area contributed by atoms with Gasteiger partial charge in [-0.2, -0.15) is 0 Å². The lowest BCUT2D eigenvalue weighted by molar-refractivity contribution is -0.131. The third-order valence-electron chi connectivity index (χ3n) is 2.71. The van der Waals surface area contributed by atoms with Gasteiger partial charge in [-0.1, -0.05) is 37.7 Å². The Hall–Kier alpha value is -0.790. The van der Waals surface area contributed by atoms with E-state index in [0.29, 0.717) is 0 Å². The second-order valence-corrected chi connectivity index (χ2v) is 4.04. The first-order valence-electron chi connectivity index (χ1n) is 5.08. The summed E-state index contributed by atoms with van der Waals surface area (Å²) in [5.41, 5.74) is 1.01. The van der Waals surface area contributed by atoms with Gasteiger partial charge in [0.1, 0.15) is 0 Å². The van der Waals surface area contributed by atoms with Crippen LogP contribution >= 0.6 is 0 Å². The van der Waals surface area contributed by atoms with Crippen molar-refractivity contribution in [2.75, 3.05) is 0 Å². The molecule has 74 valence electrons. The molecule has 2 nitrogen and oxygen atoms in total. The summed E-state index contributed by atoms with van der Waals surface area (Å²) in [4.78, 5) is 10.4. The molecule has 0 saturated heterocycles. The predicted octanol–water partition coefficient (Wildman–Crippen LogP) is 2.99. The van der Waals surface area contributed by atoms with Gasteiger partial charge in [-0.3, -0.25) is 0 Å². The zero-order valence-electron chi connectivity index (χ0n) is 8.25. The topological polar surface area (TPSA) is 37.3 Å². The maximum absolute atomic E-state index is 10.4. The first-order chi connectivity index (χ1) is 6.18. The van der Waals surface area contributed by atoms with Crippen molar-refractivity contribution >= 4 is 5.97 Å². The molecule has 0 spiro atoms. The number of carboxylic acid groups (broad SMARTS) is 1. The summed E-state index contributed by atoms with van der Waals surface area (Å²) in [6.07, 6.45) is 8.89. The summed E-state index contributed by atoms with van der Waals surface area (Å²) in [7, 11) is 0. The Morgan fingerprint density at radius 1 is 1.38 bits per heavy atom. The van der Waals surface area contributed by atoms with Crippen molar-refractivity contribution < 1.29 is 9.90 Å². The zero-order valence-corrected chi connectivity index (χ0v) is 8.25. The van der Waals surface area contributed by atoms with Gasteiger partial charge in [0.15, 0.2) is 0 Å². The summed E-state index contributed by atoms with van der Waals surface area (Å²) in [6, 6.07) is 0. The third kappa shape index (κ3) is 4.11. The SMILES string of the molecule is C/C(=C\C(=O)O)CC1CCCCC1. The minimum atomic E-state index is -0.812. The molecule has 13 heavy (non-hydrogen) atoms. The number of carboxylic acids is 1. The zero-order chi connectivity index (χ0) is 9.68. The monoisotopic (exact) mass is 182 g/mol. The van der Waals surface area contributed by atoms with E-state index in [4.69, 9.17) is 5.11 Å². The molecule has 0 unspecified atom stereocenters. The molecule has 1 saturated carbocycles. The van der Waals surface area contributed by atoms with Crippen LogP contribution in [0.3, 0.4) is 0 Å². The van der Waals surface area contributed by atoms with Gasteiger partial charge in [-0.05, 0) is 19.3 Å². The number of hydrogen-bond donors (Lipinski definition) is 1. The van der Waals surface area contributed by atoms with Gasteiger partial charge in [0.25, 0.3) is 0 Å². The summed E-state index contributed by atoms with van der Waals surface area (Å²) >= 11 is 0. The van der Waals surface area contributed by atoms with Crippen molar-refractivity contribution in [3.8, 4) is 0 Å². The Kier molecular flexibility index (Phi) is 4.00. The molecule has 1 fully saturated rings. The molecule has 0 amide bonds. The van der Waals surface area contributed by atoms with Crippen LogP contribution in [-0.2, 0) is 4.79 Å². The van der Waals surface area contributed by atoms with Gasteiger partial charge in [-0.25, -0.2) is 4.79 Å². The first-order valence-corrected chi connectivity index (χ1v) is 5.08. The number of allylic oxidation sites excluding steroid dienone is 1. The molecule has 1 N–H and O–H groups in total. The molecule has 1 aliphatic carbocycles. The fourth-order valence-electron chi connectivity index (χ4n) is 2.12. The van der Waals surface area contributed by atoms with Crippen LogP contribution in [0.25, 0.3) is 0 Å². The summed E-state index contributed by atoms with van der Waals surface area (Å²) in [5.74, 6) is -0.0716. The Morgan fingerprint density at radius 2 is 2.00 bits per heavy atom. The molecule has 1 aliphatic rings. The predicted molar refractivity (Wildman–Crippen MR) is 52.6 cm³/mol. The van der Waals surface area contributed by atoms with E-state index >= 15 is 0 Å². The average Bonchev–Trinajstić information content (AvgIpc) is 2.04. The maximum atomic E-state index is 10.4.